The average molecular weight is 100 g/mol. The highest BCUT2D eigenvalue weighted by atomic mass is 24.3. The SMILES string of the molecule is CC=CC.O.[MgH2]. The standard InChI is InChI=1S/C4H8.Mg.H2O.2H/c1-3-4-2;;;;/h3-4H,1-2H3;;1H2;;. The Labute approximate surface area is 54.9 Å². The Morgan fingerprint density at radius 1 is 1.00 bits per heavy atom. The number of rotatable bonds is 0. The lowest BCUT2D eigenvalue weighted by molar-refractivity contribution is 0.824. The summed E-state index contributed by atoms with van der Waals surface area (Å²) in [6.07, 6.45) is 4.00. The average Bonchev–Trinajstić information content (AvgIpc) is 1.37. The second kappa shape index (κ2) is 17.9. The van der Waals surface area contributed by atoms with E-state index in [1.165, 1.54) is 0 Å². The van der Waals surface area contributed by atoms with Crippen molar-refractivity contribution in [2.75, 3.05) is 0 Å². The molecule has 0 fully saturated rings. The van der Waals surface area contributed by atoms with Crippen LogP contribution in [0.4, 0.5) is 0 Å². The lowest BCUT2D eigenvalue weighted by Crippen LogP contribution is -1.26. The van der Waals surface area contributed by atoms with E-state index in [4.69, 9.17) is 0 Å². The van der Waals surface area contributed by atoms with Gasteiger partial charge in [0.1, 0.15) is 0 Å². The molecule has 0 spiro atoms. The summed E-state index contributed by atoms with van der Waals surface area (Å²) >= 11 is 0. The highest BCUT2D eigenvalue weighted by molar-refractivity contribution is 5.75. The minimum atomic E-state index is 0. The highest BCUT2D eigenvalue weighted by Crippen LogP contribution is 1.57. The first-order valence-electron chi connectivity index (χ1n) is 1.49. The molecule has 0 bridgehead atoms. The Bertz CT molecular complexity index is 22.7. The molecule has 0 atom stereocenters. The molecule has 0 heterocycles. The van der Waals surface area contributed by atoms with Gasteiger partial charge in [-0.15, -0.1) is 0 Å². The maximum absolute atomic E-state index is 2.00. The van der Waals surface area contributed by atoms with Gasteiger partial charge in [-0.25, -0.2) is 0 Å². The van der Waals surface area contributed by atoms with E-state index in [0.717, 1.165) is 0 Å². The van der Waals surface area contributed by atoms with Gasteiger partial charge in [0.05, 0.1) is 0 Å². The molecule has 0 radical (unpaired) electrons. The molecule has 0 rings (SSSR count). The first kappa shape index (κ1) is 16.1. The van der Waals surface area contributed by atoms with Crippen LogP contribution in [-0.2, 0) is 0 Å². The first-order chi connectivity index (χ1) is 1.91. The molecule has 0 saturated heterocycles. The first-order valence-corrected chi connectivity index (χ1v) is 1.49. The summed E-state index contributed by atoms with van der Waals surface area (Å²) in [4.78, 5) is 0. The van der Waals surface area contributed by atoms with Crippen LogP contribution in [-0.4, -0.2) is 28.5 Å². The van der Waals surface area contributed by atoms with Gasteiger partial charge in [0, 0.05) is 0 Å². The van der Waals surface area contributed by atoms with E-state index >= 15 is 0 Å². The molecule has 36 valence electrons. The van der Waals surface area contributed by atoms with Gasteiger partial charge in [-0.05, 0) is 13.8 Å². The summed E-state index contributed by atoms with van der Waals surface area (Å²) in [7, 11) is 0. The van der Waals surface area contributed by atoms with Crippen LogP contribution in [0.25, 0.3) is 0 Å². The van der Waals surface area contributed by atoms with Gasteiger partial charge in [-0.3, -0.25) is 0 Å². The molecule has 6 heavy (non-hydrogen) atoms. The molecule has 1 nitrogen and oxygen atoms in total. The molecular formula is C4H12MgO. The summed E-state index contributed by atoms with van der Waals surface area (Å²) in [6.45, 7) is 4.00. The van der Waals surface area contributed by atoms with Crippen LogP contribution >= 0.6 is 0 Å². The number of hydrogen-bond donors (Lipinski definition) is 0. The van der Waals surface area contributed by atoms with Crippen molar-refractivity contribution in [2.45, 2.75) is 13.8 Å². The lowest BCUT2D eigenvalue weighted by Gasteiger charge is -1.49. The Balaban J connectivity index is -0.0000000450. The second-order valence-corrected chi connectivity index (χ2v) is 0.667. The van der Waals surface area contributed by atoms with Crippen LogP contribution < -0.4 is 0 Å². The van der Waals surface area contributed by atoms with Gasteiger partial charge >= 0.3 is 23.1 Å². The summed E-state index contributed by atoms with van der Waals surface area (Å²) < 4.78 is 0. The zero-order valence-corrected chi connectivity index (χ0v) is 3.65. The predicted molar refractivity (Wildman–Crippen MR) is 32.6 cm³/mol. The van der Waals surface area contributed by atoms with Crippen molar-refractivity contribution < 1.29 is 5.48 Å². The molecule has 0 aromatic carbocycles. The summed E-state index contributed by atoms with van der Waals surface area (Å²) in [5.74, 6) is 0. The molecule has 0 unspecified atom stereocenters. The molecule has 0 aliphatic rings. The molecule has 0 aliphatic heterocycles. The van der Waals surface area contributed by atoms with Crippen molar-refractivity contribution in [3.8, 4) is 0 Å². The second-order valence-electron chi connectivity index (χ2n) is 0.667. The van der Waals surface area contributed by atoms with E-state index in [2.05, 4.69) is 0 Å². The number of allylic oxidation sites excluding steroid dienone is 2. The van der Waals surface area contributed by atoms with E-state index in [1.807, 2.05) is 26.0 Å². The molecule has 0 aromatic rings. The maximum Gasteiger partial charge on any atom is 0.316 e. The van der Waals surface area contributed by atoms with E-state index in [-0.39, 0.29) is 28.5 Å². The van der Waals surface area contributed by atoms with Gasteiger partial charge in [0.25, 0.3) is 0 Å². The molecule has 0 aliphatic carbocycles. The molecule has 0 saturated carbocycles. The topological polar surface area (TPSA) is 31.5 Å². The zero-order valence-electron chi connectivity index (χ0n) is 3.65. The van der Waals surface area contributed by atoms with Crippen molar-refractivity contribution in [2.24, 2.45) is 0 Å². The Kier molecular flexibility index (Phi) is 48.0. The highest BCUT2D eigenvalue weighted by Gasteiger charge is 1.34. The van der Waals surface area contributed by atoms with Crippen molar-refractivity contribution in [1.29, 1.82) is 0 Å². The van der Waals surface area contributed by atoms with Crippen molar-refractivity contribution in [3.63, 3.8) is 0 Å². The van der Waals surface area contributed by atoms with Gasteiger partial charge in [0.2, 0.25) is 0 Å². The van der Waals surface area contributed by atoms with Crippen LogP contribution in [0.3, 0.4) is 0 Å². The quantitative estimate of drug-likeness (QED) is 0.299. The van der Waals surface area contributed by atoms with E-state index in [0.29, 0.717) is 0 Å². The van der Waals surface area contributed by atoms with Gasteiger partial charge in [0.15, 0.2) is 0 Å². The summed E-state index contributed by atoms with van der Waals surface area (Å²) in [5.41, 5.74) is 0. The fourth-order valence-corrected chi connectivity index (χ4v) is 0. The van der Waals surface area contributed by atoms with Crippen molar-refractivity contribution >= 4 is 23.1 Å². The summed E-state index contributed by atoms with van der Waals surface area (Å²) in [6, 6.07) is 0. The third-order valence-electron chi connectivity index (χ3n) is 0.333. The predicted octanol–water partition coefficient (Wildman–Crippen LogP) is -0.158. The van der Waals surface area contributed by atoms with Crippen LogP contribution in [0.5, 0.6) is 0 Å². The Morgan fingerprint density at radius 2 is 1.17 bits per heavy atom. The van der Waals surface area contributed by atoms with Crippen molar-refractivity contribution in [1.82, 2.24) is 0 Å². The zero-order chi connectivity index (χ0) is 3.41. The third kappa shape index (κ3) is 25.0. The van der Waals surface area contributed by atoms with Crippen LogP contribution in [0, 0.1) is 0 Å². The molecule has 2 N–H and O–H groups in total. The molecule has 0 aromatic heterocycles. The smallest absolute Gasteiger partial charge is 0.316 e. The Hall–Kier alpha value is 0.466. The molecule has 2 heteroatoms. The molecule has 0 amide bonds. The van der Waals surface area contributed by atoms with Gasteiger partial charge < -0.3 is 5.48 Å². The third-order valence-corrected chi connectivity index (χ3v) is 0.333. The normalized spacial score (nSPS) is 6.33. The molecular weight excluding hydrogens is 88.3 g/mol. The fourth-order valence-electron chi connectivity index (χ4n) is 0. The summed E-state index contributed by atoms with van der Waals surface area (Å²) in [5, 5.41) is 0. The van der Waals surface area contributed by atoms with Crippen LogP contribution in [0.1, 0.15) is 13.8 Å². The van der Waals surface area contributed by atoms with E-state index < -0.39 is 0 Å². The van der Waals surface area contributed by atoms with Crippen LogP contribution in [0.15, 0.2) is 12.2 Å². The number of hydrogen-bond acceptors (Lipinski definition) is 0. The Morgan fingerprint density at radius 3 is 1.17 bits per heavy atom. The van der Waals surface area contributed by atoms with E-state index in [1.54, 1.807) is 0 Å². The fraction of sp³-hybridized carbons (Fsp3) is 0.500. The minimum absolute atomic E-state index is 0. The van der Waals surface area contributed by atoms with Gasteiger partial charge in [-0.2, -0.15) is 0 Å². The minimum Gasteiger partial charge on any atom is -0.412 e. The van der Waals surface area contributed by atoms with Crippen LogP contribution in [0.2, 0.25) is 0 Å². The van der Waals surface area contributed by atoms with Gasteiger partial charge in [-0.1, -0.05) is 12.2 Å². The lowest BCUT2D eigenvalue weighted by atomic mass is 10.6. The van der Waals surface area contributed by atoms with Crippen molar-refractivity contribution in [3.05, 3.63) is 12.2 Å². The monoisotopic (exact) mass is 100 g/mol. The largest absolute Gasteiger partial charge is 0.412 e. The van der Waals surface area contributed by atoms with E-state index in [9.17, 15) is 0 Å². The maximum atomic E-state index is 2.00.